The molecule has 7 heteroatoms. The lowest BCUT2D eigenvalue weighted by atomic mass is 9.95. The molecule has 1 aliphatic heterocycles. The maximum Gasteiger partial charge on any atom is 0.382 e. The highest BCUT2D eigenvalue weighted by Gasteiger charge is 2.53. The van der Waals surface area contributed by atoms with Crippen LogP contribution in [0.3, 0.4) is 0 Å². The molecule has 2 N–H and O–H groups in total. The first kappa shape index (κ1) is 21.6. The van der Waals surface area contributed by atoms with Crippen molar-refractivity contribution < 1.29 is 24.4 Å². The van der Waals surface area contributed by atoms with Gasteiger partial charge in [-0.05, 0) is 56.3 Å². The summed E-state index contributed by atoms with van der Waals surface area (Å²) in [5, 5.41) is 11.7. The van der Waals surface area contributed by atoms with Crippen LogP contribution in [0.2, 0.25) is 5.02 Å². The zero-order chi connectivity index (χ0) is 22.8. The van der Waals surface area contributed by atoms with Crippen LogP contribution in [-0.2, 0) is 9.59 Å². The number of carbonyl (C=O) groups excluding carboxylic acids is 2. The van der Waals surface area contributed by atoms with Gasteiger partial charge in [0.15, 0.2) is 6.04 Å². The molecule has 4 rings (SSSR count). The maximum atomic E-state index is 13.1. The lowest BCUT2D eigenvalue weighted by molar-refractivity contribution is -0.363. The fourth-order valence-corrected chi connectivity index (χ4v) is 3.82. The van der Waals surface area contributed by atoms with Crippen molar-refractivity contribution >= 4 is 34.9 Å². The Balaban J connectivity index is 1.85. The number of Topliss-reactive ketones (excluding diaryl/α,β-unsaturated/α-hetero) is 1. The quantitative estimate of drug-likeness (QED) is 0.351. The summed E-state index contributed by atoms with van der Waals surface area (Å²) in [6, 6.07) is 18.0. The number of anilines is 1. The molecule has 0 radical (unpaired) electrons. The molecule has 0 spiro atoms. The average Bonchev–Trinajstić information content (AvgIpc) is 3.05. The van der Waals surface area contributed by atoms with Gasteiger partial charge in [0, 0.05) is 22.2 Å². The Bertz CT molecular complexity index is 1170. The van der Waals surface area contributed by atoms with Crippen LogP contribution in [0.4, 0.5) is 5.82 Å². The van der Waals surface area contributed by atoms with Crippen LogP contribution in [0.5, 0.6) is 5.75 Å². The Morgan fingerprint density at radius 1 is 1.03 bits per heavy atom. The van der Waals surface area contributed by atoms with Crippen molar-refractivity contribution in [3.05, 3.63) is 94.6 Å². The second-order valence-electron chi connectivity index (χ2n) is 7.66. The van der Waals surface area contributed by atoms with E-state index in [0.717, 1.165) is 0 Å². The molecule has 2 heterocycles. The normalized spacial score (nSPS) is 17.8. The zero-order valence-electron chi connectivity index (χ0n) is 17.6. The molecule has 162 valence electrons. The van der Waals surface area contributed by atoms with E-state index >= 15 is 0 Å². The van der Waals surface area contributed by atoms with Crippen LogP contribution in [0.1, 0.15) is 31.0 Å². The van der Waals surface area contributed by atoms with Crippen LogP contribution < -0.4 is 14.6 Å². The number of benzene rings is 2. The summed E-state index contributed by atoms with van der Waals surface area (Å²) < 4.78 is 5.65. The Labute approximate surface area is 190 Å². The molecule has 0 bridgehead atoms. The molecule has 2 aromatic carbocycles. The molecular formula is C25H22ClN2O4+. The van der Waals surface area contributed by atoms with Crippen molar-refractivity contribution in [2.75, 3.05) is 4.90 Å². The van der Waals surface area contributed by atoms with Crippen molar-refractivity contribution in [3.8, 4) is 5.75 Å². The molecule has 0 saturated carbocycles. The number of H-pyrrole nitrogens is 1. The van der Waals surface area contributed by atoms with Crippen molar-refractivity contribution in [3.63, 3.8) is 0 Å². The Hall–Kier alpha value is -3.64. The van der Waals surface area contributed by atoms with E-state index in [1.165, 1.54) is 4.90 Å². The molecule has 32 heavy (non-hydrogen) atoms. The van der Waals surface area contributed by atoms with Crippen LogP contribution >= 0.6 is 11.6 Å². The highest BCUT2D eigenvalue weighted by atomic mass is 35.5. The monoisotopic (exact) mass is 449 g/mol. The predicted molar refractivity (Wildman–Crippen MR) is 121 cm³/mol. The van der Waals surface area contributed by atoms with Crippen molar-refractivity contribution in [2.45, 2.75) is 26.0 Å². The van der Waals surface area contributed by atoms with Gasteiger partial charge in [-0.3, -0.25) is 4.79 Å². The number of aromatic amines is 1. The van der Waals surface area contributed by atoms with E-state index in [0.29, 0.717) is 27.7 Å². The summed E-state index contributed by atoms with van der Waals surface area (Å²) in [6.07, 6.45) is 1.67. The fourth-order valence-electron chi connectivity index (χ4n) is 3.69. The van der Waals surface area contributed by atoms with E-state index in [1.54, 1.807) is 72.9 Å². The van der Waals surface area contributed by atoms with E-state index < -0.39 is 17.7 Å². The zero-order valence-corrected chi connectivity index (χ0v) is 18.3. The van der Waals surface area contributed by atoms with Gasteiger partial charge in [0.1, 0.15) is 11.5 Å². The minimum atomic E-state index is -0.822. The minimum Gasteiger partial charge on any atom is -0.507 e. The second-order valence-corrected chi connectivity index (χ2v) is 8.10. The molecule has 0 aliphatic carbocycles. The summed E-state index contributed by atoms with van der Waals surface area (Å²) in [7, 11) is 0. The predicted octanol–water partition coefficient (Wildman–Crippen LogP) is 4.57. The minimum absolute atomic E-state index is 0.00629. The third-order valence-corrected chi connectivity index (χ3v) is 5.33. The number of nitrogens with zero attached hydrogens (tertiary/aromatic N) is 1. The number of carbonyl (C=O) groups is 2. The summed E-state index contributed by atoms with van der Waals surface area (Å²) in [5.41, 5.74) is 1.06. The second kappa shape index (κ2) is 8.85. The number of nitrogens with one attached hydrogen (secondary N) is 1. The molecular weight excluding hydrogens is 428 g/mol. The molecule has 1 amide bonds. The van der Waals surface area contributed by atoms with Gasteiger partial charge >= 0.3 is 5.91 Å². The number of ketones is 1. The molecule has 6 nitrogen and oxygen atoms in total. The Kier molecular flexibility index (Phi) is 5.97. The summed E-state index contributed by atoms with van der Waals surface area (Å²) in [4.78, 5) is 30.5. The molecule has 3 aromatic rings. The number of amides is 1. The molecule has 1 saturated heterocycles. The number of hydrogen-bond acceptors (Lipinski definition) is 4. The fraction of sp³-hybridized carbons (Fsp3) is 0.160. The average molecular weight is 450 g/mol. The number of ether oxygens (including phenoxy) is 1. The summed E-state index contributed by atoms with van der Waals surface area (Å²) in [5.74, 6) is -0.659. The molecule has 1 aliphatic rings. The summed E-state index contributed by atoms with van der Waals surface area (Å²) >= 11 is 6.05. The SMILES string of the molecule is CC(C)Oc1ccc(C(O)=C2C(=O)C(=O)N(c3cccc[nH+]3)C2c2ccc(Cl)cc2)cc1. The van der Waals surface area contributed by atoms with E-state index in [9.17, 15) is 14.7 Å². The number of halogens is 1. The van der Waals surface area contributed by atoms with E-state index in [4.69, 9.17) is 16.3 Å². The van der Waals surface area contributed by atoms with Gasteiger partial charge in [0.2, 0.25) is 0 Å². The first-order valence-electron chi connectivity index (χ1n) is 10.2. The van der Waals surface area contributed by atoms with Crippen LogP contribution in [0, 0.1) is 0 Å². The smallest absolute Gasteiger partial charge is 0.382 e. The molecule has 1 unspecified atom stereocenters. The van der Waals surface area contributed by atoms with Gasteiger partial charge in [-0.2, -0.15) is 4.90 Å². The van der Waals surface area contributed by atoms with Crippen molar-refractivity contribution in [1.82, 2.24) is 0 Å². The van der Waals surface area contributed by atoms with Crippen molar-refractivity contribution in [1.29, 1.82) is 0 Å². The first-order chi connectivity index (χ1) is 15.4. The Morgan fingerprint density at radius 3 is 2.31 bits per heavy atom. The molecule has 1 atom stereocenters. The van der Waals surface area contributed by atoms with Crippen molar-refractivity contribution in [2.24, 2.45) is 0 Å². The van der Waals surface area contributed by atoms with Crippen LogP contribution in [0.25, 0.3) is 5.76 Å². The lowest BCUT2D eigenvalue weighted by Gasteiger charge is -2.18. The number of aliphatic hydroxyl groups is 1. The van der Waals surface area contributed by atoms with E-state index in [2.05, 4.69) is 4.98 Å². The highest BCUT2D eigenvalue weighted by Crippen LogP contribution is 2.41. The Morgan fingerprint density at radius 2 is 1.72 bits per heavy atom. The number of hydrogen-bond donors (Lipinski definition) is 1. The number of aromatic nitrogens is 1. The summed E-state index contributed by atoms with van der Waals surface area (Å²) in [6.45, 7) is 3.84. The number of aliphatic hydroxyl groups excluding tert-OH is 1. The lowest BCUT2D eigenvalue weighted by Crippen LogP contribution is -2.33. The largest absolute Gasteiger partial charge is 0.507 e. The third kappa shape index (κ3) is 4.09. The van der Waals surface area contributed by atoms with E-state index in [-0.39, 0.29) is 17.4 Å². The van der Waals surface area contributed by atoms with E-state index in [1.807, 2.05) is 13.8 Å². The number of rotatable bonds is 5. The standard InChI is InChI=1S/C25H21ClN2O4/c1-15(2)32-19-12-8-17(9-13-19)23(29)21-22(16-6-10-18(26)11-7-16)28(25(31)24(21)30)20-5-3-4-14-27-20/h3-15,22,29H,1-2H3/p+1. The van der Waals surface area contributed by atoms with Crippen LogP contribution in [-0.4, -0.2) is 22.9 Å². The van der Waals surface area contributed by atoms with Gasteiger partial charge in [0.05, 0.1) is 17.9 Å². The topological polar surface area (TPSA) is 81.0 Å². The van der Waals surface area contributed by atoms with Gasteiger partial charge in [-0.1, -0.05) is 29.8 Å². The van der Waals surface area contributed by atoms with Gasteiger partial charge in [-0.25, -0.2) is 9.78 Å². The first-order valence-corrected chi connectivity index (χ1v) is 10.5. The highest BCUT2D eigenvalue weighted by molar-refractivity contribution is 6.51. The van der Waals surface area contributed by atoms with Gasteiger partial charge in [0.25, 0.3) is 11.6 Å². The maximum absolute atomic E-state index is 13.1. The molecule has 1 fully saturated rings. The number of pyridine rings is 1. The third-order valence-electron chi connectivity index (χ3n) is 5.08. The van der Waals surface area contributed by atoms with Gasteiger partial charge in [-0.15, -0.1) is 0 Å². The molecule has 1 aromatic heterocycles. The van der Waals surface area contributed by atoms with Crippen LogP contribution in [0.15, 0.2) is 78.5 Å². The van der Waals surface area contributed by atoms with Gasteiger partial charge < -0.3 is 9.84 Å².